The summed E-state index contributed by atoms with van der Waals surface area (Å²) in [5.41, 5.74) is 0.192. The highest BCUT2D eigenvalue weighted by molar-refractivity contribution is 7.86. The van der Waals surface area contributed by atoms with E-state index in [2.05, 4.69) is 0 Å². The normalized spacial score (nSPS) is 25.3. The summed E-state index contributed by atoms with van der Waals surface area (Å²) in [6.07, 6.45) is 0.641. The van der Waals surface area contributed by atoms with Crippen LogP contribution in [0.3, 0.4) is 0 Å². The molecule has 8 heteroatoms. The van der Waals surface area contributed by atoms with E-state index in [-0.39, 0.29) is 24.7 Å². The summed E-state index contributed by atoms with van der Waals surface area (Å²) in [5, 5.41) is 10.3. The van der Waals surface area contributed by atoms with Gasteiger partial charge >= 0.3 is 5.97 Å². The molecule has 1 aliphatic carbocycles. The maximum absolute atomic E-state index is 11.8. The zero-order valence-corrected chi connectivity index (χ0v) is 14.8. The third kappa shape index (κ3) is 6.21. The Hall–Kier alpha value is -0.960. The minimum atomic E-state index is -3.76. The predicted molar refractivity (Wildman–Crippen MR) is 84.3 cm³/mol. The number of aliphatic hydroxyl groups is 1. The van der Waals surface area contributed by atoms with Crippen molar-refractivity contribution in [2.45, 2.75) is 64.4 Å². The number of esters is 1. The third-order valence-electron chi connectivity index (χ3n) is 3.59. The first kappa shape index (κ1) is 20.1. The van der Waals surface area contributed by atoms with Crippen LogP contribution < -0.4 is 0 Å². The van der Waals surface area contributed by atoms with Crippen molar-refractivity contribution in [2.24, 2.45) is 0 Å². The minimum absolute atomic E-state index is 0.00772. The fourth-order valence-corrected chi connectivity index (χ4v) is 3.11. The number of carbonyl (C=O) groups is 1. The summed E-state index contributed by atoms with van der Waals surface area (Å²) in [6, 6.07) is 0. The molecule has 7 nitrogen and oxygen atoms in total. The second-order valence-electron chi connectivity index (χ2n) is 5.49. The Labute approximate surface area is 137 Å². The van der Waals surface area contributed by atoms with Crippen molar-refractivity contribution < 1.29 is 32.0 Å². The van der Waals surface area contributed by atoms with Gasteiger partial charge in [0.15, 0.2) is 0 Å². The number of hydrogen-bond acceptors (Lipinski definition) is 7. The van der Waals surface area contributed by atoms with E-state index < -0.39 is 34.4 Å². The van der Waals surface area contributed by atoms with Crippen molar-refractivity contribution in [2.75, 3.05) is 12.9 Å². The third-order valence-corrected chi connectivity index (χ3v) is 4.19. The molecule has 0 aliphatic heterocycles. The standard InChI is InChI=1S/C15H26O7S/c1-5-11(6-2)21-14-12(16)8-10(15(17)20-7-3)9-13(14)22-23(4,18)19/h8,11-14,16H,5-7,9H2,1-4H3. The number of rotatable bonds is 8. The smallest absolute Gasteiger partial charge is 0.333 e. The van der Waals surface area contributed by atoms with Gasteiger partial charge in [0.25, 0.3) is 10.1 Å². The molecule has 1 N–H and O–H groups in total. The molecule has 0 aromatic rings. The number of aliphatic hydroxyl groups excluding tert-OH is 1. The lowest BCUT2D eigenvalue weighted by Crippen LogP contribution is -2.47. The van der Waals surface area contributed by atoms with Crippen LogP contribution in [0.4, 0.5) is 0 Å². The van der Waals surface area contributed by atoms with E-state index in [9.17, 15) is 18.3 Å². The molecular weight excluding hydrogens is 324 g/mol. The molecule has 3 atom stereocenters. The molecule has 0 amide bonds. The van der Waals surface area contributed by atoms with Gasteiger partial charge in [-0.3, -0.25) is 4.18 Å². The van der Waals surface area contributed by atoms with Gasteiger partial charge in [0, 0.05) is 12.0 Å². The van der Waals surface area contributed by atoms with E-state index in [4.69, 9.17) is 13.7 Å². The molecule has 23 heavy (non-hydrogen) atoms. The summed E-state index contributed by atoms with van der Waals surface area (Å²) < 4.78 is 38.7. The quantitative estimate of drug-likeness (QED) is 0.518. The van der Waals surface area contributed by atoms with Crippen molar-refractivity contribution >= 4 is 16.1 Å². The maximum Gasteiger partial charge on any atom is 0.333 e. The zero-order chi connectivity index (χ0) is 17.6. The molecule has 0 fully saturated rings. The Bertz CT molecular complexity index is 522. The van der Waals surface area contributed by atoms with Gasteiger partial charge in [-0.05, 0) is 25.8 Å². The first-order valence-corrected chi connectivity index (χ1v) is 9.63. The Kier molecular flexibility index (Phi) is 7.66. The molecule has 0 bridgehead atoms. The molecule has 0 spiro atoms. The van der Waals surface area contributed by atoms with Gasteiger partial charge in [-0.15, -0.1) is 0 Å². The van der Waals surface area contributed by atoms with Gasteiger partial charge in [-0.25, -0.2) is 4.79 Å². The van der Waals surface area contributed by atoms with Gasteiger partial charge < -0.3 is 14.6 Å². The fraction of sp³-hybridized carbons (Fsp3) is 0.800. The molecule has 0 aromatic heterocycles. The zero-order valence-electron chi connectivity index (χ0n) is 14.0. The van der Waals surface area contributed by atoms with E-state index >= 15 is 0 Å². The molecule has 0 heterocycles. The van der Waals surface area contributed by atoms with Crippen LogP contribution in [0.15, 0.2) is 11.6 Å². The molecule has 0 saturated carbocycles. The van der Waals surface area contributed by atoms with Gasteiger partial charge in [-0.1, -0.05) is 13.8 Å². The van der Waals surface area contributed by atoms with E-state index in [1.807, 2.05) is 13.8 Å². The lowest BCUT2D eigenvalue weighted by atomic mass is 9.92. The van der Waals surface area contributed by atoms with E-state index in [0.29, 0.717) is 0 Å². The van der Waals surface area contributed by atoms with Crippen LogP contribution in [0.1, 0.15) is 40.0 Å². The molecule has 1 aliphatic rings. The summed E-state index contributed by atoms with van der Waals surface area (Å²) >= 11 is 0. The summed E-state index contributed by atoms with van der Waals surface area (Å²) in [7, 11) is -3.76. The average Bonchev–Trinajstić information content (AvgIpc) is 2.45. The fourth-order valence-electron chi connectivity index (χ4n) is 2.48. The maximum atomic E-state index is 11.8. The molecule has 134 valence electrons. The van der Waals surface area contributed by atoms with E-state index in [1.165, 1.54) is 6.08 Å². The van der Waals surface area contributed by atoms with Crippen LogP contribution in [0.2, 0.25) is 0 Å². The van der Waals surface area contributed by atoms with Crippen molar-refractivity contribution in [3.63, 3.8) is 0 Å². The molecule has 1 rings (SSSR count). The van der Waals surface area contributed by atoms with Gasteiger partial charge in [0.05, 0.1) is 19.0 Å². The largest absolute Gasteiger partial charge is 0.463 e. The second-order valence-corrected chi connectivity index (χ2v) is 7.09. The first-order valence-electron chi connectivity index (χ1n) is 7.81. The van der Waals surface area contributed by atoms with Gasteiger partial charge in [-0.2, -0.15) is 8.42 Å². The number of ether oxygens (including phenoxy) is 2. The van der Waals surface area contributed by atoms with Crippen LogP contribution in [-0.2, 0) is 28.6 Å². The minimum Gasteiger partial charge on any atom is -0.463 e. The summed E-state index contributed by atoms with van der Waals surface area (Å²) in [6.45, 7) is 5.74. The lowest BCUT2D eigenvalue weighted by molar-refractivity contribution is -0.142. The molecular formula is C15H26O7S. The van der Waals surface area contributed by atoms with Crippen LogP contribution >= 0.6 is 0 Å². The Morgan fingerprint density at radius 3 is 2.43 bits per heavy atom. The summed E-state index contributed by atoms with van der Waals surface area (Å²) in [4.78, 5) is 11.8. The highest BCUT2D eigenvalue weighted by Gasteiger charge is 2.39. The number of carbonyl (C=O) groups excluding carboxylic acids is 1. The van der Waals surface area contributed by atoms with Gasteiger partial charge in [0.1, 0.15) is 18.3 Å². The predicted octanol–water partition coefficient (Wildman–Crippen LogP) is 1.16. The average molecular weight is 350 g/mol. The molecule has 0 saturated heterocycles. The van der Waals surface area contributed by atoms with Crippen molar-refractivity contribution in [3.8, 4) is 0 Å². The van der Waals surface area contributed by atoms with Crippen LogP contribution in [0, 0.1) is 0 Å². The topological polar surface area (TPSA) is 99.1 Å². The Morgan fingerprint density at radius 2 is 1.96 bits per heavy atom. The van der Waals surface area contributed by atoms with Gasteiger partial charge in [0.2, 0.25) is 0 Å². The van der Waals surface area contributed by atoms with Crippen LogP contribution in [0.5, 0.6) is 0 Å². The monoisotopic (exact) mass is 350 g/mol. The second kappa shape index (κ2) is 8.77. The van der Waals surface area contributed by atoms with Crippen molar-refractivity contribution in [3.05, 3.63) is 11.6 Å². The molecule has 3 unspecified atom stereocenters. The van der Waals surface area contributed by atoms with Crippen LogP contribution in [-0.4, -0.2) is 56.8 Å². The Balaban J connectivity index is 3.02. The highest BCUT2D eigenvalue weighted by Crippen LogP contribution is 2.28. The molecule has 0 aromatic carbocycles. The van der Waals surface area contributed by atoms with Crippen LogP contribution in [0.25, 0.3) is 0 Å². The van der Waals surface area contributed by atoms with Crippen molar-refractivity contribution in [1.29, 1.82) is 0 Å². The summed E-state index contributed by atoms with van der Waals surface area (Å²) in [5.74, 6) is -0.588. The highest BCUT2D eigenvalue weighted by atomic mass is 32.2. The SMILES string of the molecule is CCOC(=O)C1=CC(O)C(OC(CC)CC)C(OS(C)(=O)=O)C1. The Morgan fingerprint density at radius 1 is 1.35 bits per heavy atom. The van der Waals surface area contributed by atoms with Crippen molar-refractivity contribution in [1.82, 2.24) is 0 Å². The van der Waals surface area contributed by atoms with E-state index in [1.54, 1.807) is 6.92 Å². The molecule has 0 radical (unpaired) electrons. The first-order chi connectivity index (χ1) is 10.7. The van der Waals surface area contributed by atoms with E-state index in [0.717, 1.165) is 19.1 Å². The lowest BCUT2D eigenvalue weighted by Gasteiger charge is -2.35. The number of hydrogen-bond donors (Lipinski definition) is 1.